The predicted molar refractivity (Wildman–Crippen MR) is 343 cm³/mol. The van der Waals surface area contributed by atoms with Crippen LogP contribution in [0.15, 0.2) is 199 Å². The molecule has 3 heteroatoms. The van der Waals surface area contributed by atoms with Crippen molar-refractivity contribution in [3.63, 3.8) is 0 Å². The fourth-order valence-corrected chi connectivity index (χ4v) is 13.7. The summed E-state index contributed by atoms with van der Waals surface area (Å²) in [6, 6.07) is 75.0. The topological polar surface area (TPSA) is 6.48 Å². The van der Waals surface area contributed by atoms with Crippen molar-refractivity contribution in [1.29, 1.82) is 0 Å². The van der Waals surface area contributed by atoms with Crippen LogP contribution in [-0.2, 0) is 38.5 Å². The largest absolute Gasteiger partial charge is 0.310 e. The summed E-state index contributed by atoms with van der Waals surface area (Å²) < 4.78 is 1.09. The zero-order valence-corrected chi connectivity index (χ0v) is 47.6. The smallest absolute Gasteiger partial charge is 0.0540 e. The van der Waals surface area contributed by atoms with Crippen molar-refractivity contribution in [3.8, 4) is 22.3 Å². The van der Waals surface area contributed by atoms with Crippen LogP contribution in [-0.4, -0.2) is 0 Å². The van der Waals surface area contributed by atoms with Gasteiger partial charge in [0.15, 0.2) is 0 Å². The van der Waals surface area contributed by atoms with Crippen molar-refractivity contribution < 1.29 is 0 Å². The minimum atomic E-state index is 0.944. The number of anilines is 6. The van der Waals surface area contributed by atoms with Gasteiger partial charge in [-0.15, -0.1) is 0 Å². The molecule has 2 nitrogen and oxygen atoms in total. The van der Waals surface area contributed by atoms with Gasteiger partial charge in [-0.25, -0.2) is 0 Å². The highest BCUT2D eigenvalue weighted by atomic mass is 79.9. The summed E-state index contributed by atoms with van der Waals surface area (Å²) in [7, 11) is 0. The molecule has 0 atom stereocenters. The molecule has 0 fully saturated rings. The quantitative estimate of drug-likeness (QED) is 0.107. The Morgan fingerprint density at radius 3 is 1.03 bits per heavy atom. The Morgan fingerprint density at radius 1 is 0.295 bits per heavy atom. The molecule has 0 spiro atoms. The molecule has 382 valence electrons. The van der Waals surface area contributed by atoms with Crippen LogP contribution in [0.4, 0.5) is 34.1 Å². The minimum Gasteiger partial charge on any atom is -0.310 e. The summed E-state index contributed by atoms with van der Waals surface area (Å²) in [6.07, 6.45) is 5.81. The van der Waals surface area contributed by atoms with Gasteiger partial charge in [-0.2, -0.15) is 0 Å². The molecule has 0 saturated carbocycles. The van der Waals surface area contributed by atoms with Gasteiger partial charge in [-0.3, -0.25) is 0 Å². The van der Waals surface area contributed by atoms with E-state index in [1.54, 1.807) is 0 Å². The minimum absolute atomic E-state index is 0.944. The maximum atomic E-state index is 3.96. The van der Waals surface area contributed by atoms with Crippen molar-refractivity contribution in [2.75, 3.05) is 9.80 Å². The molecule has 0 N–H and O–H groups in total. The van der Waals surface area contributed by atoms with Crippen molar-refractivity contribution >= 4 is 115 Å². The van der Waals surface area contributed by atoms with Crippen molar-refractivity contribution in [2.24, 2.45) is 0 Å². The first-order valence-corrected chi connectivity index (χ1v) is 29.2. The van der Waals surface area contributed by atoms with E-state index in [2.05, 4.69) is 268 Å². The number of hydrogen-bond acceptors (Lipinski definition) is 2. The maximum Gasteiger partial charge on any atom is 0.0540 e. The Morgan fingerprint density at radius 2 is 0.628 bits per heavy atom. The molecule has 13 aromatic rings. The monoisotopic (exact) mass is 1070 g/mol. The molecule has 78 heavy (non-hydrogen) atoms. The molecule has 0 radical (unpaired) electrons. The normalized spacial score (nSPS) is 11.9. The van der Waals surface area contributed by atoms with Gasteiger partial charge in [-0.05, 0) is 227 Å². The summed E-state index contributed by atoms with van der Waals surface area (Å²) in [5, 5.41) is 15.5. The second kappa shape index (κ2) is 20.1. The van der Waals surface area contributed by atoms with Crippen LogP contribution >= 0.6 is 15.9 Å². The number of aryl methyl sites for hydroxylation is 7. The van der Waals surface area contributed by atoms with Crippen LogP contribution in [0.1, 0.15) is 80.5 Å². The van der Waals surface area contributed by atoms with E-state index >= 15 is 0 Å². The van der Waals surface area contributed by atoms with E-state index in [0.29, 0.717) is 0 Å². The molecule has 0 unspecified atom stereocenters. The number of rotatable bonds is 14. The van der Waals surface area contributed by atoms with E-state index in [0.717, 1.165) is 48.7 Å². The van der Waals surface area contributed by atoms with E-state index in [1.807, 2.05) is 0 Å². The van der Waals surface area contributed by atoms with Gasteiger partial charge >= 0.3 is 0 Å². The zero-order chi connectivity index (χ0) is 53.3. The molecule has 0 heterocycles. The first-order valence-electron chi connectivity index (χ1n) is 28.5. The lowest BCUT2D eigenvalue weighted by molar-refractivity contribution is 1.08. The van der Waals surface area contributed by atoms with Crippen LogP contribution in [0.5, 0.6) is 0 Å². The average Bonchev–Trinajstić information content (AvgIpc) is 4.20. The van der Waals surface area contributed by atoms with Crippen molar-refractivity contribution in [2.45, 2.75) is 87.0 Å². The summed E-state index contributed by atoms with van der Waals surface area (Å²) in [5.41, 5.74) is 21.5. The van der Waals surface area contributed by atoms with Gasteiger partial charge in [-0.1, -0.05) is 185 Å². The summed E-state index contributed by atoms with van der Waals surface area (Å²) in [5.74, 6) is 0. The van der Waals surface area contributed by atoms with Gasteiger partial charge in [0.05, 0.1) is 11.4 Å². The van der Waals surface area contributed by atoms with Crippen molar-refractivity contribution in [1.82, 2.24) is 0 Å². The second-order valence-corrected chi connectivity index (χ2v) is 22.4. The first-order chi connectivity index (χ1) is 38.2. The van der Waals surface area contributed by atoms with E-state index in [1.165, 1.54) is 154 Å². The van der Waals surface area contributed by atoms with E-state index in [-0.39, 0.29) is 0 Å². The zero-order valence-electron chi connectivity index (χ0n) is 46.0. The summed E-state index contributed by atoms with van der Waals surface area (Å²) in [6.45, 7) is 15.9. The lowest BCUT2D eigenvalue weighted by atomic mass is 9.87. The average molecular weight is 1070 g/mol. The van der Waals surface area contributed by atoms with Crippen LogP contribution in [0.3, 0.4) is 0 Å². The summed E-state index contributed by atoms with van der Waals surface area (Å²) in [4.78, 5) is 5.09. The molecule has 0 bridgehead atoms. The second-order valence-electron chi connectivity index (χ2n) is 21.5. The maximum absolute atomic E-state index is 3.96. The number of fused-ring (bicyclic) bond motifs is 6. The predicted octanol–water partition coefficient (Wildman–Crippen LogP) is 22.2. The third-order valence-electron chi connectivity index (χ3n) is 16.8. The fourth-order valence-electron chi connectivity index (χ4n) is 13.2. The van der Waals surface area contributed by atoms with E-state index < -0.39 is 0 Å². The third-order valence-corrected chi connectivity index (χ3v) is 17.3. The van der Waals surface area contributed by atoms with Crippen LogP contribution in [0.2, 0.25) is 0 Å². The van der Waals surface area contributed by atoms with Gasteiger partial charge in [0.25, 0.3) is 0 Å². The Kier molecular flexibility index (Phi) is 12.8. The van der Waals surface area contributed by atoms with Crippen LogP contribution in [0, 0.1) is 6.92 Å². The molecule has 0 aromatic heterocycles. The Bertz CT molecular complexity index is 4030. The highest BCUT2D eigenvalue weighted by Crippen LogP contribution is 2.58. The number of hydrogen-bond donors (Lipinski definition) is 0. The highest BCUT2D eigenvalue weighted by molar-refractivity contribution is 9.10. The van der Waals surface area contributed by atoms with Gasteiger partial charge in [0.2, 0.25) is 0 Å². The molecular weight excluding hydrogens is 1010 g/mol. The number of halogens is 1. The standard InChI is InChI=1S/C75H65BrN2/c1-8-47-34-46(7)35-56(39-47)77(57-40-48(9-2)36-49(10-3)41-57)66-32-30-64-70-60(66)26-20-28-62(70)72-68(53-22-16-14-17-23-53)75-65-31-33-67(61-27-21-29-63(71(61)65)73(75)69(74(64)72)54-24-18-15-19-25-54)78(59-44-52(13-6)38-55(76)45-59)58-42-50(11-4)37-51(12-5)43-58/h14-45H,8-13H2,1-7H3. The summed E-state index contributed by atoms with van der Waals surface area (Å²) >= 11 is 3.96. The molecule has 13 aromatic carbocycles. The third kappa shape index (κ3) is 8.12. The number of benzene rings is 11. The van der Waals surface area contributed by atoms with E-state index in [9.17, 15) is 0 Å². The van der Waals surface area contributed by atoms with Crippen molar-refractivity contribution in [3.05, 3.63) is 238 Å². The Labute approximate surface area is 468 Å². The molecule has 0 aliphatic carbocycles. The molecule has 0 saturated heterocycles. The molecule has 0 aliphatic rings. The van der Waals surface area contributed by atoms with Crippen LogP contribution < -0.4 is 9.80 Å². The first kappa shape index (κ1) is 49.6. The lowest BCUT2D eigenvalue weighted by Crippen LogP contribution is -2.12. The van der Waals surface area contributed by atoms with Gasteiger partial charge in [0, 0.05) is 38.0 Å². The molecular formula is C75H65BrN2. The van der Waals surface area contributed by atoms with Gasteiger partial charge < -0.3 is 9.80 Å². The SMILES string of the molecule is CCc1cc(C)cc(N(c2cc(CC)cc(CC)c2)c2ccc3c4c(-c5ccccc5)c5c6cccc7c(N(c8cc(Br)cc(CC)c8)c8cc(CC)cc(CC)c8)ccc(c5c(-c5ccccc5)c4c4cccc2c34)c76)c1. The highest BCUT2D eigenvalue weighted by Gasteiger charge is 2.30. The van der Waals surface area contributed by atoms with Crippen LogP contribution in [0.25, 0.3) is 86.9 Å². The van der Waals surface area contributed by atoms with Gasteiger partial charge in [0.1, 0.15) is 0 Å². The molecule has 0 amide bonds. The Balaban J connectivity index is 1.18. The molecule has 13 rings (SSSR count). The molecule has 0 aliphatic heterocycles. The lowest BCUT2D eigenvalue weighted by Gasteiger charge is -2.29. The number of nitrogens with zero attached hydrogens (tertiary/aromatic N) is 2. The van der Waals surface area contributed by atoms with E-state index in [4.69, 9.17) is 0 Å². The Hall–Kier alpha value is -7.98. The fraction of sp³-hybridized carbons (Fsp3) is 0.173.